The lowest BCUT2D eigenvalue weighted by Crippen LogP contribution is -2.17. The van der Waals surface area contributed by atoms with Gasteiger partial charge in [-0.15, -0.1) is 5.10 Å². The van der Waals surface area contributed by atoms with Crippen molar-refractivity contribution in [3.05, 3.63) is 38.7 Å². The van der Waals surface area contributed by atoms with E-state index in [-0.39, 0.29) is 5.75 Å². The topological polar surface area (TPSA) is 88.0 Å². The third kappa shape index (κ3) is 2.90. The highest BCUT2D eigenvalue weighted by Gasteiger charge is 2.14. The molecule has 0 spiro atoms. The van der Waals surface area contributed by atoms with E-state index in [0.29, 0.717) is 10.8 Å². The summed E-state index contributed by atoms with van der Waals surface area (Å²) in [6, 6.07) is 5.45. The molecule has 1 aromatic carbocycles. The number of nitrogens with zero attached hydrogens (tertiary/aromatic N) is 2. The van der Waals surface area contributed by atoms with Crippen molar-refractivity contribution in [1.29, 1.82) is 0 Å². The van der Waals surface area contributed by atoms with Crippen molar-refractivity contribution in [2.75, 3.05) is 5.75 Å². The molecule has 100 valence electrons. The average Bonchev–Trinajstić information content (AvgIpc) is 2.72. The Morgan fingerprint density at radius 3 is 3.00 bits per heavy atom. The minimum atomic E-state index is -0.960. The van der Waals surface area contributed by atoms with Gasteiger partial charge in [-0.2, -0.15) is 0 Å². The first-order chi connectivity index (χ1) is 9.00. The molecule has 1 aromatic heterocycles. The number of rotatable bonds is 4. The number of thioether (sulfide) groups is 1. The van der Waals surface area contributed by atoms with E-state index < -0.39 is 11.7 Å². The minimum Gasteiger partial charge on any atom is -0.481 e. The highest BCUT2D eigenvalue weighted by molar-refractivity contribution is 9.10. The van der Waals surface area contributed by atoms with Gasteiger partial charge in [-0.25, -0.2) is 14.5 Å². The molecule has 0 saturated carbocycles. The monoisotopic (exact) mass is 343 g/mol. The van der Waals surface area contributed by atoms with E-state index in [1.165, 1.54) is 4.57 Å². The molecule has 0 fully saturated rings. The first kappa shape index (κ1) is 13.9. The summed E-state index contributed by atoms with van der Waals surface area (Å²) in [5.41, 5.74) is 1.15. The van der Waals surface area contributed by atoms with Gasteiger partial charge in [0.15, 0.2) is 5.16 Å². The smallest absolute Gasteiger partial charge is 0.348 e. The molecule has 2 rings (SSSR count). The molecule has 8 heteroatoms. The number of nitrogens with one attached hydrogen (secondary N) is 1. The molecule has 0 aliphatic carbocycles. The second-order valence-corrected chi connectivity index (χ2v) is 5.51. The zero-order valence-corrected chi connectivity index (χ0v) is 12.3. The van der Waals surface area contributed by atoms with Gasteiger partial charge in [-0.3, -0.25) is 4.79 Å². The van der Waals surface area contributed by atoms with E-state index in [1.807, 2.05) is 13.0 Å². The molecule has 1 heterocycles. The van der Waals surface area contributed by atoms with Crippen LogP contribution in [0.2, 0.25) is 0 Å². The Morgan fingerprint density at radius 2 is 2.32 bits per heavy atom. The summed E-state index contributed by atoms with van der Waals surface area (Å²) in [4.78, 5) is 22.4. The van der Waals surface area contributed by atoms with E-state index >= 15 is 0 Å². The molecule has 2 N–H and O–H groups in total. The average molecular weight is 344 g/mol. The van der Waals surface area contributed by atoms with Gasteiger partial charge >= 0.3 is 11.7 Å². The van der Waals surface area contributed by atoms with E-state index in [1.54, 1.807) is 12.1 Å². The molecule has 2 aromatic rings. The fourth-order valence-electron chi connectivity index (χ4n) is 1.56. The van der Waals surface area contributed by atoms with Gasteiger partial charge < -0.3 is 5.11 Å². The highest BCUT2D eigenvalue weighted by Crippen LogP contribution is 2.24. The van der Waals surface area contributed by atoms with Gasteiger partial charge in [0.05, 0.1) is 11.4 Å². The number of aliphatic carboxylic acids is 1. The molecule has 19 heavy (non-hydrogen) atoms. The lowest BCUT2D eigenvalue weighted by molar-refractivity contribution is -0.133. The Bertz CT molecular complexity index is 680. The van der Waals surface area contributed by atoms with E-state index in [2.05, 4.69) is 26.1 Å². The van der Waals surface area contributed by atoms with Crippen LogP contribution in [0, 0.1) is 6.92 Å². The van der Waals surface area contributed by atoms with Crippen LogP contribution in [0.1, 0.15) is 5.56 Å². The van der Waals surface area contributed by atoms with Crippen molar-refractivity contribution >= 4 is 33.7 Å². The van der Waals surface area contributed by atoms with Crippen LogP contribution in [0.3, 0.4) is 0 Å². The van der Waals surface area contributed by atoms with Gasteiger partial charge in [0.2, 0.25) is 0 Å². The number of aromatic amines is 1. The van der Waals surface area contributed by atoms with Crippen molar-refractivity contribution < 1.29 is 9.90 Å². The van der Waals surface area contributed by atoms with Crippen LogP contribution in [0.25, 0.3) is 5.69 Å². The number of aromatic nitrogens is 3. The Kier molecular flexibility index (Phi) is 4.11. The van der Waals surface area contributed by atoms with Crippen LogP contribution in [0.4, 0.5) is 0 Å². The first-order valence-electron chi connectivity index (χ1n) is 5.28. The molecule has 0 aliphatic rings. The molecule has 0 bridgehead atoms. The molecule has 0 amide bonds. The highest BCUT2D eigenvalue weighted by atomic mass is 79.9. The second kappa shape index (κ2) is 5.62. The second-order valence-electron chi connectivity index (χ2n) is 3.71. The van der Waals surface area contributed by atoms with Crippen molar-refractivity contribution in [2.45, 2.75) is 12.1 Å². The van der Waals surface area contributed by atoms with Crippen LogP contribution in [-0.4, -0.2) is 31.6 Å². The van der Waals surface area contributed by atoms with Crippen molar-refractivity contribution in [3.63, 3.8) is 0 Å². The Balaban J connectivity index is 2.49. The number of hydrogen-bond donors (Lipinski definition) is 2. The summed E-state index contributed by atoms with van der Waals surface area (Å²) in [6.45, 7) is 1.87. The fraction of sp³-hybridized carbons (Fsp3) is 0.182. The van der Waals surface area contributed by atoms with Gasteiger partial charge in [0.1, 0.15) is 0 Å². The summed E-state index contributed by atoms with van der Waals surface area (Å²) >= 11 is 4.39. The van der Waals surface area contributed by atoms with Crippen LogP contribution in [0.5, 0.6) is 0 Å². The minimum absolute atomic E-state index is 0.155. The van der Waals surface area contributed by atoms with Gasteiger partial charge in [-0.05, 0) is 24.6 Å². The Morgan fingerprint density at radius 1 is 1.58 bits per heavy atom. The van der Waals surface area contributed by atoms with Crippen LogP contribution in [0.15, 0.2) is 32.6 Å². The lowest BCUT2D eigenvalue weighted by Gasteiger charge is -2.09. The van der Waals surface area contributed by atoms with Gasteiger partial charge in [-0.1, -0.05) is 33.8 Å². The summed E-state index contributed by atoms with van der Waals surface area (Å²) in [7, 11) is 0. The molecule has 0 atom stereocenters. The molecule has 0 radical (unpaired) electrons. The number of hydrogen-bond acceptors (Lipinski definition) is 4. The van der Waals surface area contributed by atoms with Crippen LogP contribution in [-0.2, 0) is 4.79 Å². The number of halogens is 1. The maximum absolute atomic E-state index is 11.8. The normalized spacial score (nSPS) is 10.6. The number of carbonyl (C=O) groups is 1. The standard InChI is InChI=1S/C11H10BrN3O3S/c1-6-7(12)3-2-4-8(6)15-10(18)13-14-11(15)19-5-9(16)17/h2-4H,5H2,1H3,(H,13,18)(H,16,17). The number of H-pyrrole nitrogens is 1. The number of carboxylic acids is 1. The lowest BCUT2D eigenvalue weighted by atomic mass is 10.2. The van der Waals surface area contributed by atoms with Crippen molar-refractivity contribution in [2.24, 2.45) is 0 Å². The SMILES string of the molecule is Cc1c(Br)cccc1-n1c(SCC(=O)O)n[nH]c1=O. The number of carboxylic acid groups (broad SMARTS) is 1. The molecule has 6 nitrogen and oxygen atoms in total. The third-order valence-electron chi connectivity index (χ3n) is 2.45. The molecular weight excluding hydrogens is 334 g/mol. The predicted octanol–water partition coefficient (Wildman–Crippen LogP) is 1.81. The third-order valence-corrected chi connectivity index (χ3v) is 4.23. The maximum Gasteiger partial charge on any atom is 0.348 e. The fourth-order valence-corrected chi connectivity index (χ4v) is 2.59. The summed E-state index contributed by atoms with van der Waals surface area (Å²) in [6.07, 6.45) is 0. The van der Waals surface area contributed by atoms with Crippen molar-refractivity contribution in [3.8, 4) is 5.69 Å². The molecule has 0 saturated heterocycles. The summed E-state index contributed by atoms with van der Waals surface area (Å²) in [5, 5.41) is 15.2. The summed E-state index contributed by atoms with van der Waals surface area (Å²) in [5.74, 6) is -1.12. The molecular formula is C11H10BrN3O3S. The zero-order valence-electron chi connectivity index (χ0n) is 9.88. The number of benzene rings is 1. The Hall–Kier alpha value is -1.54. The summed E-state index contributed by atoms with van der Waals surface area (Å²) < 4.78 is 2.24. The maximum atomic E-state index is 11.8. The van der Waals surface area contributed by atoms with Gasteiger partial charge in [0.25, 0.3) is 0 Å². The van der Waals surface area contributed by atoms with Gasteiger partial charge in [0, 0.05) is 4.47 Å². The Labute approximate surface area is 121 Å². The zero-order chi connectivity index (χ0) is 14.0. The van der Waals surface area contributed by atoms with Crippen molar-refractivity contribution in [1.82, 2.24) is 14.8 Å². The van der Waals surface area contributed by atoms with E-state index in [9.17, 15) is 9.59 Å². The quantitative estimate of drug-likeness (QED) is 0.826. The molecule has 0 aliphatic heterocycles. The molecule has 0 unspecified atom stereocenters. The van der Waals surface area contributed by atoms with E-state index in [0.717, 1.165) is 21.8 Å². The first-order valence-corrected chi connectivity index (χ1v) is 7.06. The van der Waals surface area contributed by atoms with Crippen LogP contribution < -0.4 is 5.69 Å². The van der Waals surface area contributed by atoms with E-state index in [4.69, 9.17) is 5.11 Å². The largest absolute Gasteiger partial charge is 0.481 e. The van der Waals surface area contributed by atoms with Crippen LogP contribution >= 0.6 is 27.7 Å². The predicted molar refractivity (Wildman–Crippen MR) is 75.0 cm³/mol.